The first-order valence-electron chi connectivity index (χ1n) is 12.0. The van der Waals surface area contributed by atoms with E-state index in [4.69, 9.17) is 4.42 Å². The molecule has 0 N–H and O–H groups in total. The maximum absolute atomic E-state index is 6.20. The van der Waals surface area contributed by atoms with Crippen LogP contribution in [-0.4, -0.2) is 0 Å². The molecule has 0 aliphatic carbocycles. The molecule has 0 radical (unpaired) electrons. The quantitative estimate of drug-likeness (QED) is 0.242. The van der Waals surface area contributed by atoms with E-state index in [0.717, 1.165) is 21.9 Å². The Morgan fingerprint density at radius 3 is 1.69 bits per heavy atom. The van der Waals surface area contributed by atoms with E-state index in [1.807, 2.05) is 12.1 Å². The van der Waals surface area contributed by atoms with Crippen LogP contribution in [0.25, 0.3) is 76.5 Å². The molecule has 1 heterocycles. The molecule has 0 amide bonds. The van der Waals surface area contributed by atoms with Crippen LogP contribution in [0.15, 0.2) is 126 Å². The zero-order chi connectivity index (χ0) is 22.9. The van der Waals surface area contributed by atoms with Gasteiger partial charge in [0, 0.05) is 10.8 Å². The summed E-state index contributed by atoms with van der Waals surface area (Å²) in [6.45, 7) is 0. The number of fused-ring (bicyclic) bond motifs is 3. The summed E-state index contributed by atoms with van der Waals surface area (Å²) in [6.07, 6.45) is 0. The molecular weight excluding hydrogens is 424 g/mol. The van der Waals surface area contributed by atoms with Gasteiger partial charge in [-0.05, 0) is 72.8 Å². The number of benzene rings is 7. The van der Waals surface area contributed by atoms with Crippen molar-refractivity contribution in [2.75, 3.05) is 0 Å². The summed E-state index contributed by atoms with van der Waals surface area (Å²) in [6, 6.07) is 43.7. The summed E-state index contributed by atoms with van der Waals surface area (Å²) in [5.74, 6) is 0. The summed E-state index contributed by atoms with van der Waals surface area (Å²) < 4.78 is 6.20. The van der Waals surface area contributed by atoms with Gasteiger partial charge in [0.1, 0.15) is 11.2 Å². The zero-order valence-electron chi connectivity index (χ0n) is 19.0. The molecule has 0 saturated carbocycles. The van der Waals surface area contributed by atoms with Crippen LogP contribution in [0, 0.1) is 0 Å². The summed E-state index contributed by atoms with van der Waals surface area (Å²) in [5, 5.41) is 10.1. The highest BCUT2D eigenvalue weighted by molar-refractivity contribution is 6.27. The third kappa shape index (κ3) is 2.64. The number of hydrogen-bond donors (Lipinski definition) is 0. The standard InChI is InChI=1S/C34H20O/c1-2-6-21(7-3-1)25-15-10-22-13-19-30-26(16-11-23-12-18-29(25)33(22)34(23)30)24-14-17-28-27-8-4-5-9-31(27)35-32(28)20-24/h1-20H. The minimum atomic E-state index is 0.931. The van der Waals surface area contributed by atoms with E-state index in [2.05, 4.69) is 109 Å². The second-order valence-electron chi connectivity index (χ2n) is 9.32. The molecule has 0 fully saturated rings. The minimum absolute atomic E-state index is 0.931. The van der Waals surface area contributed by atoms with E-state index in [0.29, 0.717) is 0 Å². The SMILES string of the molecule is c1ccc(-c2ccc3ccc4c(-c5ccc6c(c5)oc5ccccc56)ccc5ccc2c3c54)cc1. The van der Waals surface area contributed by atoms with Crippen LogP contribution >= 0.6 is 0 Å². The van der Waals surface area contributed by atoms with Gasteiger partial charge in [-0.3, -0.25) is 0 Å². The number of para-hydroxylation sites is 1. The van der Waals surface area contributed by atoms with Crippen LogP contribution in [-0.2, 0) is 0 Å². The van der Waals surface area contributed by atoms with Gasteiger partial charge in [-0.1, -0.05) is 103 Å². The first-order valence-corrected chi connectivity index (χ1v) is 12.0. The molecule has 0 unspecified atom stereocenters. The van der Waals surface area contributed by atoms with Crippen LogP contribution in [0.2, 0.25) is 0 Å². The number of rotatable bonds is 2. The molecule has 1 heteroatoms. The fourth-order valence-corrected chi connectivity index (χ4v) is 5.82. The Balaban J connectivity index is 1.43. The van der Waals surface area contributed by atoms with Crippen molar-refractivity contribution in [3.05, 3.63) is 121 Å². The van der Waals surface area contributed by atoms with Crippen LogP contribution in [0.5, 0.6) is 0 Å². The zero-order valence-corrected chi connectivity index (χ0v) is 19.0. The van der Waals surface area contributed by atoms with Gasteiger partial charge in [-0.15, -0.1) is 0 Å². The van der Waals surface area contributed by atoms with E-state index in [9.17, 15) is 0 Å². The van der Waals surface area contributed by atoms with Gasteiger partial charge in [0.25, 0.3) is 0 Å². The van der Waals surface area contributed by atoms with Crippen LogP contribution in [0.3, 0.4) is 0 Å². The number of furan rings is 1. The van der Waals surface area contributed by atoms with E-state index in [1.54, 1.807) is 0 Å². The molecule has 162 valence electrons. The fourth-order valence-electron chi connectivity index (χ4n) is 5.82. The molecule has 0 saturated heterocycles. The Morgan fingerprint density at radius 1 is 0.371 bits per heavy atom. The minimum Gasteiger partial charge on any atom is -0.456 e. The lowest BCUT2D eigenvalue weighted by molar-refractivity contribution is 0.669. The average Bonchev–Trinajstić information content (AvgIpc) is 3.30. The summed E-state index contributed by atoms with van der Waals surface area (Å²) in [5.41, 5.74) is 6.81. The second-order valence-corrected chi connectivity index (χ2v) is 9.32. The van der Waals surface area contributed by atoms with E-state index in [-0.39, 0.29) is 0 Å². The Hall–Kier alpha value is -4.62. The molecule has 1 aromatic heterocycles. The first kappa shape index (κ1) is 18.8. The Bertz CT molecular complexity index is 2040. The topological polar surface area (TPSA) is 13.1 Å². The summed E-state index contributed by atoms with van der Waals surface area (Å²) in [7, 11) is 0. The monoisotopic (exact) mass is 444 g/mol. The van der Waals surface area contributed by atoms with Gasteiger partial charge in [0.15, 0.2) is 0 Å². The molecular formula is C34H20O. The third-order valence-corrected chi connectivity index (χ3v) is 7.44. The molecule has 0 bridgehead atoms. The van der Waals surface area contributed by atoms with E-state index < -0.39 is 0 Å². The predicted molar refractivity (Wildman–Crippen MR) is 148 cm³/mol. The van der Waals surface area contributed by atoms with Crippen LogP contribution in [0.4, 0.5) is 0 Å². The largest absolute Gasteiger partial charge is 0.456 e. The van der Waals surface area contributed by atoms with Gasteiger partial charge < -0.3 is 4.42 Å². The van der Waals surface area contributed by atoms with Crippen molar-refractivity contribution in [1.82, 2.24) is 0 Å². The van der Waals surface area contributed by atoms with Crippen LogP contribution in [0.1, 0.15) is 0 Å². The lowest BCUT2D eigenvalue weighted by Gasteiger charge is -2.16. The third-order valence-electron chi connectivity index (χ3n) is 7.44. The van der Waals surface area contributed by atoms with Crippen molar-refractivity contribution in [3.8, 4) is 22.3 Å². The predicted octanol–water partition coefficient (Wildman–Crippen LogP) is 9.82. The molecule has 1 nitrogen and oxygen atoms in total. The van der Waals surface area contributed by atoms with Gasteiger partial charge >= 0.3 is 0 Å². The lowest BCUT2D eigenvalue weighted by Crippen LogP contribution is -1.89. The molecule has 0 aliphatic heterocycles. The molecule has 0 atom stereocenters. The highest BCUT2D eigenvalue weighted by Gasteiger charge is 2.15. The first-order chi connectivity index (χ1) is 17.3. The summed E-state index contributed by atoms with van der Waals surface area (Å²) >= 11 is 0. The smallest absolute Gasteiger partial charge is 0.136 e. The van der Waals surface area contributed by atoms with Crippen molar-refractivity contribution in [3.63, 3.8) is 0 Å². The average molecular weight is 445 g/mol. The maximum atomic E-state index is 6.20. The van der Waals surface area contributed by atoms with Gasteiger partial charge in [0.05, 0.1) is 0 Å². The molecule has 7 aromatic carbocycles. The van der Waals surface area contributed by atoms with Crippen LogP contribution < -0.4 is 0 Å². The maximum Gasteiger partial charge on any atom is 0.136 e. The normalized spacial score (nSPS) is 12.0. The van der Waals surface area contributed by atoms with Gasteiger partial charge in [0.2, 0.25) is 0 Å². The van der Waals surface area contributed by atoms with Crippen molar-refractivity contribution < 1.29 is 4.42 Å². The molecule has 0 aliphatic rings. The van der Waals surface area contributed by atoms with E-state index in [1.165, 1.54) is 54.6 Å². The van der Waals surface area contributed by atoms with Crippen molar-refractivity contribution in [1.29, 1.82) is 0 Å². The second kappa shape index (κ2) is 6.94. The van der Waals surface area contributed by atoms with Crippen molar-refractivity contribution in [2.45, 2.75) is 0 Å². The molecule has 8 rings (SSSR count). The van der Waals surface area contributed by atoms with Gasteiger partial charge in [-0.25, -0.2) is 0 Å². The number of hydrogen-bond acceptors (Lipinski definition) is 1. The Labute approximate surface area is 202 Å². The van der Waals surface area contributed by atoms with Crippen molar-refractivity contribution in [2.24, 2.45) is 0 Å². The Kier molecular flexibility index (Phi) is 3.72. The lowest BCUT2D eigenvalue weighted by atomic mass is 9.87. The van der Waals surface area contributed by atoms with Crippen molar-refractivity contribution >= 4 is 54.3 Å². The Morgan fingerprint density at radius 2 is 0.943 bits per heavy atom. The van der Waals surface area contributed by atoms with E-state index >= 15 is 0 Å². The summed E-state index contributed by atoms with van der Waals surface area (Å²) in [4.78, 5) is 0. The molecule has 35 heavy (non-hydrogen) atoms. The fraction of sp³-hybridized carbons (Fsp3) is 0. The molecule has 0 spiro atoms. The molecule has 8 aromatic rings. The highest BCUT2D eigenvalue weighted by Crippen LogP contribution is 2.43. The van der Waals surface area contributed by atoms with Gasteiger partial charge in [-0.2, -0.15) is 0 Å². The highest BCUT2D eigenvalue weighted by atomic mass is 16.3.